The largest absolute Gasteiger partial charge is 0.213 e. The van der Waals surface area contributed by atoms with Crippen molar-refractivity contribution in [3.05, 3.63) is 311 Å². The Balaban J connectivity index is 0.000000154. The molecule has 12 aromatic rings. The van der Waals surface area contributed by atoms with Gasteiger partial charge in [0.2, 0.25) is 22.8 Å². The van der Waals surface area contributed by atoms with Crippen LogP contribution in [0.4, 0.5) is 0 Å². The first-order valence-corrected chi connectivity index (χ1v) is 29.0. The van der Waals surface area contributed by atoms with Crippen molar-refractivity contribution in [2.24, 2.45) is 28.2 Å². The summed E-state index contributed by atoms with van der Waals surface area (Å²) in [6.07, 6.45) is 7.74. The van der Waals surface area contributed by atoms with Crippen LogP contribution in [0, 0.1) is 68.9 Å². The molecule has 0 unspecified atom stereocenters. The SMILES string of the molecule is Cc1cc(-c2ccccc2C)[n+](C)cc1-c1ccccc1.[2H]C([2H])([2H])c1c[n+](C)c(-c2ccccc2C)cc1-c1ccccc1.[2H]C([2H])([2H])c1ccc(-c2cc(-c3ccccc3)c(C([2H])([2H])[2H])c[n+]2C)c(C)c1.[2H]C([2H])([2H])c1ccc(-c2cc(C)c(-c3ccccc3)c[n+]2C)c(C)c1. The maximum absolute atomic E-state index is 7.93. The van der Waals surface area contributed by atoms with Gasteiger partial charge in [0, 0.05) is 85.2 Å². The van der Waals surface area contributed by atoms with Crippen LogP contribution in [0.25, 0.3) is 89.5 Å². The Morgan fingerprint density at radius 3 is 0.814 bits per heavy atom. The lowest BCUT2D eigenvalue weighted by Gasteiger charge is -2.10. The van der Waals surface area contributed by atoms with E-state index >= 15 is 0 Å². The molecule has 0 N–H and O–H groups in total. The predicted molar refractivity (Wildman–Crippen MR) is 361 cm³/mol. The van der Waals surface area contributed by atoms with Crippen molar-refractivity contribution in [3.63, 3.8) is 0 Å². The highest BCUT2D eigenvalue weighted by atomic mass is 14.9. The van der Waals surface area contributed by atoms with E-state index in [9.17, 15) is 0 Å². The molecule has 12 rings (SSSR count). The molecule has 0 aliphatic carbocycles. The maximum atomic E-state index is 7.93. The number of hydrogen-bond donors (Lipinski definition) is 0. The van der Waals surface area contributed by atoms with Crippen LogP contribution in [-0.4, -0.2) is 0 Å². The van der Waals surface area contributed by atoms with Gasteiger partial charge < -0.3 is 0 Å². The van der Waals surface area contributed by atoms with Gasteiger partial charge in [-0.2, -0.15) is 0 Å². The van der Waals surface area contributed by atoms with Crippen LogP contribution in [-0.2, 0) is 28.2 Å². The molecule has 0 saturated heterocycles. The second-order valence-electron chi connectivity index (χ2n) is 22.1. The fourth-order valence-electron chi connectivity index (χ4n) is 11.0. The average molecular weight is 1140 g/mol. The minimum atomic E-state index is -2.25. The van der Waals surface area contributed by atoms with E-state index < -0.39 is 27.4 Å². The summed E-state index contributed by atoms with van der Waals surface area (Å²) in [4.78, 5) is 0. The van der Waals surface area contributed by atoms with E-state index in [4.69, 9.17) is 16.4 Å². The third-order valence-electron chi connectivity index (χ3n) is 15.7. The fraction of sp³-hybridized carbons (Fsp3) is 0.171. The van der Waals surface area contributed by atoms with Gasteiger partial charge in [0.15, 0.2) is 24.8 Å². The van der Waals surface area contributed by atoms with Gasteiger partial charge >= 0.3 is 0 Å². The summed E-state index contributed by atoms with van der Waals surface area (Å²) in [5, 5.41) is 0. The molecule has 0 saturated carbocycles. The van der Waals surface area contributed by atoms with E-state index in [0.717, 1.165) is 67.2 Å². The summed E-state index contributed by atoms with van der Waals surface area (Å²) in [5.41, 5.74) is 24.6. The second kappa shape index (κ2) is 27.8. The number of hydrogen-bond acceptors (Lipinski definition) is 0. The van der Waals surface area contributed by atoms with Gasteiger partial charge in [0.1, 0.15) is 28.2 Å². The first-order valence-electron chi connectivity index (χ1n) is 35.0. The Labute approximate surface area is 530 Å². The van der Waals surface area contributed by atoms with Crippen LogP contribution in [0.3, 0.4) is 0 Å². The van der Waals surface area contributed by atoms with E-state index in [-0.39, 0.29) is 5.56 Å². The number of benzene rings is 8. The molecule has 0 fully saturated rings. The normalized spacial score (nSPS) is 13.3. The second-order valence-corrected chi connectivity index (χ2v) is 22.1. The number of pyridine rings is 4. The van der Waals surface area contributed by atoms with Crippen molar-refractivity contribution in [3.8, 4) is 89.5 Å². The zero-order valence-corrected chi connectivity index (χ0v) is 51.0. The predicted octanol–water partition coefficient (Wildman–Crippen LogP) is 18.5. The van der Waals surface area contributed by atoms with Crippen molar-refractivity contribution in [1.82, 2.24) is 0 Å². The highest BCUT2D eigenvalue weighted by Crippen LogP contribution is 2.32. The standard InChI is InChI=1S/2C21H22N.2C20H20N/c1-15-10-11-19(16(2)12-15)21-13-20(17(3)14-22(21)4)18-8-6-5-7-9-18;1-15-10-11-19(16(2)12-15)21-13-17(3)20(14-22(21)4)18-8-6-5-7-9-18;1-15-9-7-8-12-18(15)20-13-19(16(2)14-21(20)3)17-10-5-4-6-11-17;1-15-9-7-8-12-18(15)20-13-16(2)19(14-21(20)3)17-10-5-4-6-11-17/h2*5-14H,1-4H3;2*4-14H,1-3H3/q4*+1/i1D3,3D3;1D3;2D3;. The first kappa shape index (κ1) is 46.7. The van der Waals surface area contributed by atoms with E-state index in [1.54, 1.807) is 54.3 Å². The molecule has 0 amide bonds. The molecule has 8 aromatic carbocycles. The smallest absolute Gasteiger partial charge is 0.201 e. The lowest BCUT2D eigenvalue weighted by molar-refractivity contribution is -0.660. The molecule has 0 radical (unpaired) electrons. The van der Waals surface area contributed by atoms with Gasteiger partial charge in [-0.3, -0.25) is 0 Å². The Morgan fingerprint density at radius 1 is 0.221 bits per heavy atom. The maximum Gasteiger partial charge on any atom is 0.213 e. The third-order valence-corrected chi connectivity index (χ3v) is 15.7. The molecule has 4 nitrogen and oxygen atoms in total. The summed E-state index contributed by atoms with van der Waals surface area (Å²) in [5.74, 6) is 0. The molecular weight excluding hydrogens is 1040 g/mol. The zero-order chi connectivity index (χ0) is 71.0. The number of rotatable bonds is 8. The Bertz CT molecular complexity index is 4770. The third kappa shape index (κ3) is 14.5. The minimum Gasteiger partial charge on any atom is -0.201 e. The summed E-state index contributed by atoms with van der Waals surface area (Å²) in [6.45, 7) is 3.71. The lowest BCUT2D eigenvalue weighted by atomic mass is 9.97. The molecule has 0 atom stereocenters. The van der Waals surface area contributed by atoms with Crippen LogP contribution in [0.1, 0.15) is 72.1 Å². The zero-order valence-electron chi connectivity index (χ0n) is 63.0. The van der Waals surface area contributed by atoms with Crippen molar-refractivity contribution < 1.29 is 34.7 Å². The first-order chi connectivity index (χ1) is 46.3. The molecule has 86 heavy (non-hydrogen) atoms. The molecule has 0 aliphatic rings. The van der Waals surface area contributed by atoms with Crippen LogP contribution in [0.2, 0.25) is 0 Å². The monoisotopic (exact) mass is 1140 g/mol. The number of aryl methyl sites for hydroxylation is 14. The fourth-order valence-corrected chi connectivity index (χ4v) is 11.0. The molecule has 0 bridgehead atoms. The van der Waals surface area contributed by atoms with E-state index in [1.807, 2.05) is 142 Å². The van der Waals surface area contributed by atoms with Crippen LogP contribution >= 0.6 is 0 Å². The highest BCUT2D eigenvalue weighted by Gasteiger charge is 2.21. The summed E-state index contributed by atoms with van der Waals surface area (Å²) < 4.78 is 101. The van der Waals surface area contributed by atoms with Gasteiger partial charge in [0.25, 0.3) is 0 Å². The van der Waals surface area contributed by atoms with Crippen molar-refractivity contribution >= 4 is 0 Å². The van der Waals surface area contributed by atoms with Crippen molar-refractivity contribution in [2.75, 3.05) is 0 Å². The molecular formula is C82H84N4+4. The van der Waals surface area contributed by atoms with Crippen molar-refractivity contribution in [1.29, 1.82) is 0 Å². The Morgan fingerprint density at radius 2 is 0.500 bits per heavy atom. The summed E-state index contributed by atoms with van der Waals surface area (Å²) in [7, 11) is 7.84. The van der Waals surface area contributed by atoms with Crippen LogP contribution < -0.4 is 18.3 Å². The quantitative estimate of drug-likeness (QED) is 0.135. The van der Waals surface area contributed by atoms with E-state index in [1.165, 1.54) is 50.2 Å². The average Bonchev–Trinajstić information content (AvgIpc) is 0.784. The van der Waals surface area contributed by atoms with Crippen LogP contribution in [0.15, 0.2) is 255 Å². The Hall–Kier alpha value is -9.64. The molecule has 428 valence electrons. The molecule has 4 aromatic heterocycles. The van der Waals surface area contributed by atoms with Crippen LogP contribution in [0.5, 0.6) is 0 Å². The van der Waals surface area contributed by atoms with Gasteiger partial charge in [-0.15, -0.1) is 0 Å². The topological polar surface area (TPSA) is 15.5 Å². The number of nitrogens with zero attached hydrogens (tertiary/aromatic N) is 4. The van der Waals surface area contributed by atoms with E-state index in [2.05, 4.69) is 147 Å². The number of aromatic nitrogens is 4. The van der Waals surface area contributed by atoms with Gasteiger partial charge in [0.05, 0.1) is 0 Å². The summed E-state index contributed by atoms with van der Waals surface area (Å²) >= 11 is 0. The minimum absolute atomic E-state index is 0.279. The van der Waals surface area contributed by atoms with Gasteiger partial charge in [-0.25, -0.2) is 18.3 Å². The molecule has 0 aliphatic heterocycles. The summed E-state index contributed by atoms with van der Waals surface area (Å²) in [6, 6.07) is 75.4. The molecule has 4 heterocycles. The lowest BCUT2D eigenvalue weighted by Crippen LogP contribution is -2.31. The van der Waals surface area contributed by atoms with Gasteiger partial charge in [-0.1, -0.05) is 193 Å². The van der Waals surface area contributed by atoms with Crippen molar-refractivity contribution in [2.45, 2.75) is 68.9 Å². The molecule has 0 spiro atoms. The highest BCUT2D eigenvalue weighted by molar-refractivity contribution is 5.75. The van der Waals surface area contributed by atoms with E-state index in [0.29, 0.717) is 22.3 Å². The molecule has 4 heteroatoms. The Kier molecular flexibility index (Phi) is 15.1. The van der Waals surface area contributed by atoms with Gasteiger partial charge in [-0.05, 0) is 160 Å².